The minimum absolute atomic E-state index is 0. The number of benzene rings is 1. The number of halogens is 4. The van der Waals surface area contributed by atoms with E-state index in [4.69, 9.17) is 0 Å². The van der Waals surface area contributed by atoms with Crippen molar-refractivity contribution in [2.45, 2.75) is 6.32 Å². The fourth-order valence-corrected chi connectivity index (χ4v) is 1.82. The maximum Gasteiger partial charge on any atom is 1.00 e. The molecule has 0 aliphatic carbocycles. The predicted molar refractivity (Wildman–Crippen MR) is 58.3 cm³/mol. The normalized spacial score (nSPS) is 10.6. The molecule has 88 valence electrons. The van der Waals surface area contributed by atoms with E-state index in [0.717, 1.165) is 0 Å². The maximum atomic E-state index is 12.2. The molecule has 8 heteroatoms. The molecule has 1 aromatic carbocycles. The Morgan fingerprint density at radius 2 is 2.00 bits per heavy atom. The first-order valence-electron chi connectivity index (χ1n) is 4.41. The summed E-state index contributed by atoms with van der Waals surface area (Å²) >= 11 is 3.03. The van der Waals surface area contributed by atoms with Gasteiger partial charge in [-0.15, -0.1) is 0 Å². The zero-order valence-electron chi connectivity index (χ0n) is 9.34. The summed E-state index contributed by atoms with van der Waals surface area (Å²) in [5.74, 6) is -0.587. The van der Waals surface area contributed by atoms with Crippen molar-refractivity contribution >= 4 is 28.9 Å². The van der Waals surface area contributed by atoms with E-state index in [2.05, 4.69) is 20.7 Å². The number of carbonyl (C=O) groups is 1. The van der Waals surface area contributed by atoms with Gasteiger partial charge in [0.05, 0.1) is 12.7 Å². The molecule has 1 rings (SSSR count). The summed E-state index contributed by atoms with van der Waals surface area (Å²) in [6.45, 7) is -4.87. The van der Waals surface area contributed by atoms with Gasteiger partial charge in [-0.1, -0.05) is 17.9 Å². The first kappa shape index (κ1) is 17.7. The molecule has 0 amide bonds. The molecule has 0 fully saturated rings. The van der Waals surface area contributed by atoms with Crippen LogP contribution in [-0.2, 0) is 11.1 Å². The summed E-state index contributed by atoms with van der Waals surface area (Å²) in [7, 11) is 1.21. The van der Waals surface area contributed by atoms with Gasteiger partial charge in [-0.25, -0.2) is 4.79 Å². The van der Waals surface area contributed by atoms with Crippen LogP contribution in [0.15, 0.2) is 22.7 Å². The molecule has 0 unspecified atom stereocenters. The quantitative estimate of drug-likeness (QED) is 0.582. The Bertz CT molecular complexity index is 412. The minimum atomic E-state index is -4.87. The van der Waals surface area contributed by atoms with Crippen LogP contribution in [0, 0.1) is 0 Å². The fraction of sp³-hybridized carbons (Fsp3) is 0.222. The van der Waals surface area contributed by atoms with Gasteiger partial charge in [0.2, 0.25) is 0 Å². The Morgan fingerprint density at radius 1 is 1.41 bits per heavy atom. The van der Waals surface area contributed by atoms with Crippen molar-refractivity contribution in [3.8, 4) is 0 Å². The van der Waals surface area contributed by atoms with E-state index in [1.807, 2.05) is 0 Å². The number of methoxy groups -OCH3 is 1. The summed E-state index contributed by atoms with van der Waals surface area (Å²) in [6.07, 6.45) is -0.958. The second-order valence-electron chi connectivity index (χ2n) is 3.22. The summed E-state index contributed by atoms with van der Waals surface area (Å²) in [6, 6.07) is 3.86. The smallest absolute Gasteiger partial charge is 0.465 e. The van der Waals surface area contributed by atoms with Crippen LogP contribution in [-0.4, -0.2) is 20.1 Å². The molecule has 0 aliphatic heterocycles. The number of carbonyl (C=O) groups excluding carboxylic acids is 1. The van der Waals surface area contributed by atoms with Crippen molar-refractivity contribution in [2.75, 3.05) is 7.11 Å². The third kappa shape index (κ3) is 5.89. The molecule has 0 bridgehead atoms. The maximum absolute atomic E-state index is 12.2. The summed E-state index contributed by atoms with van der Waals surface area (Å²) in [5.41, 5.74) is 0.327. The van der Waals surface area contributed by atoms with Gasteiger partial charge in [-0.05, 0) is 28.1 Å². The van der Waals surface area contributed by atoms with Gasteiger partial charge in [-0.2, -0.15) is 0 Å². The summed E-state index contributed by atoms with van der Waals surface area (Å²) in [5, 5.41) is 0. The predicted octanol–water partition coefficient (Wildman–Crippen LogP) is 0.169. The Hall–Kier alpha value is 0.661. The van der Waals surface area contributed by atoms with E-state index in [-0.39, 0.29) is 62.5 Å². The summed E-state index contributed by atoms with van der Waals surface area (Å²) in [4.78, 5) is 11.2. The van der Waals surface area contributed by atoms with E-state index in [9.17, 15) is 17.7 Å². The van der Waals surface area contributed by atoms with Crippen LogP contribution in [0.1, 0.15) is 15.9 Å². The molecule has 0 saturated carbocycles. The van der Waals surface area contributed by atoms with E-state index < -0.39 is 19.3 Å². The van der Waals surface area contributed by atoms with Crippen LogP contribution in [0.3, 0.4) is 0 Å². The molecule has 2 nitrogen and oxygen atoms in total. The Labute approximate surface area is 148 Å². The van der Waals surface area contributed by atoms with E-state index in [1.165, 1.54) is 25.3 Å². The molecular weight excluding hydrogens is 327 g/mol. The van der Waals surface area contributed by atoms with Crippen molar-refractivity contribution in [2.24, 2.45) is 0 Å². The van der Waals surface area contributed by atoms with Crippen molar-refractivity contribution < 1.29 is 73.9 Å². The minimum Gasteiger partial charge on any atom is -0.465 e. The van der Waals surface area contributed by atoms with Crippen LogP contribution in [0.25, 0.3) is 0 Å². The van der Waals surface area contributed by atoms with Crippen molar-refractivity contribution in [3.63, 3.8) is 0 Å². The monoisotopic (exact) mass is 334 g/mol. The molecule has 0 spiro atoms. The van der Waals surface area contributed by atoms with Crippen LogP contribution in [0.4, 0.5) is 12.9 Å². The van der Waals surface area contributed by atoms with E-state index in [1.54, 1.807) is 0 Å². The van der Waals surface area contributed by atoms with Crippen molar-refractivity contribution in [1.29, 1.82) is 0 Å². The third-order valence-electron chi connectivity index (χ3n) is 1.91. The van der Waals surface area contributed by atoms with Crippen LogP contribution in [0.2, 0.25) is 0 Å². The first-order chi connectivity index (χ1) is 7.33. The van der Waals surface area contributed by atoms with Gasteiger partial charge in [0.1, 0.15) is 0 Å². The molecule has 0 radical (unpaired) electrons. The number of rotatable bonds is 3. The average Bonchev–Trinajstić information content (AvgIpc) is 2.14. The largest absolute Gasteiger partial charge is 1.00 e. The second-order valence-corrected chi connectivity index (χ2v) is 4.07. The molecule has 1 aromatic rings. The van der Waals surface area contributed by atoms with Crippen LogP contribution < -0.4 is 51.4 Å². The molecule has 0 N–H and O–H groups in total. The number of ether oxygens (including phenoxy) is 1. The Kier molecular flexibility index (Phi) is 7.58. The van der Waals surface area contributed by atoms with E-state index >= 15 is 0 Å². The molecule has 0 aliphatic rings. The van der Waals surface area contributed by atoms with Gasteiger partial charge in [0.25, 0.3) is 0 Å². The topological polar surface area (TPSA) is 26.3 Å². The SMILES string of the molecule is COC(=O)c1ccc(C[B-](F)(F)F)cc1Br.[K+]. The second kappa shape index (κ2) is 7.30. The zero-order chi connectivity index (χ0) is 12.3. The van der Waals surface area contributed by atoms with Crippen molar-refractivity contribution in [3.05, 3.63) is 33.8 Å². The molecule has 0 atom stereocenters. The van der Waals surface area contributed by atoms with Crippen molar-refractivity contribution in [1.82, 2.24) is 0 Å². The number of hydrogen-bond donors (Lipinski definition) is 0. The van der Waals surface area contributed by atoms with Gasteiger partial charge >= 0.3 is 64.3 Å². The number of esters is 1. The molecule has 0 saturated heterocycles. The molecular formula is C9H8BBrF3KO2. The Morgan fingerprint density at radius 3 is 2.41 bits per heavy atom. The van der Waals surface area contributed by atoms with Crippen LogP contribution >= 0.6 is 15.9 Å². The van der Waals surface area contributed by atoms with Gasteiger partial charge in [-0.3, -0.25) is 0 Å². The number of hydrogen-bond acceptors (Lipinski definition) is 2. The zero-order valence-corrected chi connectivity index (χ0v) is 14.1. The summed E-state index contributed by atoms with van der Waals surface area (Å²) < 4.78 is 41.2. The standard InChI is InChI=1S/C9H8BBrF3O2.K/c1-16-9(15)7-3-2-6(4-8(7)11)5-10(12,13)14;/h2-4H,5H2,1H3;/q-1;+1. The first-order valence-corrected chi connectivity index (χ1v) is 5.20. The molecule has 0 aromatic heterocycles. The van der Waals surface area contributed by atoms with Gasteiger partial charge in [0, 0.05) is 4.47 Å². The average molecular weight is 335 g/mol. The van der Waals surface area contributed by atoms with E-state index in [0.29, 0.717) is 4.47 Å². The van der Waals surface area contributed by atoms with Gasteiger partial charge in [0.15, 0.2) is 0 Å². The molecule has 17 heavy (non-hydrogen) atoms. The van der Waals surface area contributed by atoms with Gasteiger partial charge < -0.3 is 17.7 Å². The fourth-order valence-electron chi connectivity index (χ4n) is 1.23. The third-order valence-corrected chi connectivity index (χ3v) is 2.56. The van der Waals surface area contributed by atoms with Crippen LogP contribution in [0.5, 0.6) is 0 Å². The Balaban J connectivity index is 0.00000256. The molecule has 0 heterocycles.